The van der Waals surface area contributed by atoms with Crippen molar-refractivity contribution in [2.45, 2.75) is 40.7 Å². The van der Waals surface area contributed by atoms with E-state index in [0.29, 0.717) is 28.3 Å². The molecule has 2 heterocycles. The molecule has 38 heavy (non-hydrogen) atoms. The molecule has 4 aromatic rings. The van der Waals surface area contributed by atoms with Gasteiger partial charge in [-0.15, -0.1) is 0 Å². The zero-order valence-electron chi connectivity index (χ0n) is 22.2. The maximum Gasteiger partial charge on any atom is 0.261 e. The van der Waals surface area contributed by atoms with E-state index >= 15 is 0 Å². The van der Waals surface area contributed by atoms with Crippen LogP contribution in [0.5, 0.6) is 0 Å². The van der Waals surface area contributed by atoms with Crippen LogP contribution in [0, 0.1) is 27.7 Å². The predicted octanol–water partition coefficient (Wildman–Crippen LogP) is 6.30. The number of benzene rings is 3. The molecule has 1 aromatic heterocycles. The molecule has 0 spiro atoms. The fraction of sp³-hybridized carbons (Fsp3) is 0.194. The summed E-state index contributed by atoms with van der Waals surface area (Å²) in [4.78, 5) is 27.0. The average Bonchev–Trinajstić information content (AvgIpc) is 3.29. The summed E-state index contributed by atoms with van der Waals surface area (Å²) in [6.07, 6.45) is 1.55. The molecule has 1 aliphatic rings. The van der Waals surface area contributed by atoms with Gasteiger partial charge < -0.3 is 16.0 Å². The van der Waals surface area contributed by atoms with Crippen LogP contribution in [0.25, 0.3) is 0 Å². The zero-order chi connectivity index (χ0) is 27.0. The Morgan fingerprint density at radius 3 is 2.24 bits per heavy atom. The second-order valence-corrected chi connectivity index (χ2v) is 9.92. The van der Waals surface area contributed by atoms with Crippen LogP contribution in [0.1, 0.15) is 51.1 Å². The smallest absolute Gasteiger partial charge is 0.261 e. The zero-order valence-corrected chi connectivity index (χ0v) is 22.2. The Hall–Kier alpha value is -4.65. The minimum Gasteiger partial charge on any atom is -0.343 e. The van der Waals surface area contributed by atoms with Crippen LogP contribution < -0.4 is 16.0 Å². The van der Waals surface area contributed by atoms with Crippen LogP contribution in [0.15, 0.2) is 84.2 Å². The summed E-state index contributed by atoms with van der Waals surface area (Å²) in [5.74, 6) is 0.0451. The molecular weight excluding hydrogens is 474 g/mol. The van der Waals surface area contributed by atoms with Gasteiger partial charge in [-0.1, -0.05) is 59.7 Å². The molecule has 3 aromatic carbocycles. The molecule has 1 atom stereocenters. The lowest BCUT2D eigenvalue weighted by Gasteiger charge is -2.30. The van der Waals surface area contributed by atoms with Gasteiger partial charge in [0.15, 0.2) is 0 Å². The second kappa shape index (κ2) is 10.0. The number of amides is 2. The fourth-order valence-corrected chi connectivity index (χ4v) is 4.84. The van der Waals surface area contributed by atoms with Crippen LogP contribution in [0.2, 0.25) is 0 Å². The lowest BCUT2D eigenvalue weighted by molar-refractivity contribution is -0.113. The van der Waals surface area contributed by atoms with E-state index in [0.717, 1.165) is 33.5 Å². The van der Waals surface area contributed by atoms with Crippen LogP contribution in [0.4, 0.5) is 17.2 Å². The van der Waals surface area contributed by atoms with E-state index in [1.807, 2.05) is 101 Å². The Bertz CT molecular complexity index is 1580. The normalized spacial score (nSPS) is 14.5. The minimum atomic E-state index is -0.516. The molecule has 1 unspecified atom stereocenters. The summed E-state index contributed by atoms with van der Waals surface area (Å²) in [6, 6.07) is 21.1. The topological polar surface area (TPSA) is 88.0 Å². The molecule has 1 aliphatic heterocycles. The van der Waals surface area contributed by atoms with Gasteiger partial charge in [-0.2, -0.15) is 5.10 Å². The third-order valence-corrected chi connectivity index (χ3v) is 6.81. The number of aryl methyl sites for hydroxylation is 4. The van der Waals surface area contributed by atoms with E-state index in [1.165, 1.54) is 0 Å². The van der Waals surface area contributed by atoms with Crippen LogP contribution in [-0.2, 0) is 4.79 Å². The van der Waals surface area contributed by atoms with Crippen molar-refractivity contribution in [3.8, 4) is 0 Å². The first-order valence-corrected chi connectivity index (χ1v) is 12.6. The van der Waals surface area contributed by atoms with Crippen molar-refractivity contribution < 1.29 is 9.59 Å². The Labute approximate surface area is 222 Å². The number of carbonyl (C=O) groups excluding carboxylic acids is 2. The van der Waals surface area contributed by atoms with E-state index in [4.69, 9.17) is 0 Å². The Kier molecular flexibility index (Phi) is 6.59. The van der Waals surface area contributed by atoms with Gasteiger partial charge in [-0.05, 0) is 69.5 Å². The van der Waals surface area contributed by atoms with Gasteiger partial charge in [0.1, 0.15) is 17.4 Å². The third kappa shape index (κ3) is 4.83. The molecule has 2 amide bonds. The van der Waals surface area contributed by atoms with Gasteiger partial charge in [0, 0.05) is 17.1 Å². The molecule has 3 N–H and O–H groups in total. The molecule has 0 saturated carbocycles. The summed E-state index contributed by atoms with van der Waals surface area (Å²) in [5.41, 5.74) is 8.25. The second-order valence-electron chi connectivity index (χ2n) is 9.92. The summed E-state index contributed by atoms with van der Waals surface area (Å²) >= 11 is 0. The first kappa shape index (κ1) is 25.0. The van der Waals surface area contributed by atoms with E-state index in [1.54, 1.807) is 10.9 Å². The number of aromatic nitrogens is 2. The SMILES string of the molecule is CC1=C(C(=O)Nc2ccc(C)cc2C)C(c2ccc(C)cc2)n2ncc(C(=O)Nc3cccc(C)c3)c2N1. The van der Waals surface area contributed by atoms with E-state index in [9.17, 15) is 9.59 Å². The summed E-state index contributed by atoms with van der Waals surface area (Å²) in [7, 11) is 0. The fourth-order valence-electron chi connectivity index (χ4n) is 4.84. The van der Waals surface area contributed by atoms with Crippen molar-refractivity contribution in [2.24, 2.45) is 0 Å². The first-order chi connectivity index (χ1) is 18.2. The number of allylic oxidation sites excluding steroid dienone is 1. The van der Waals surface area contributed by atoms with Crippen molar-refractivity contribution in [1.29, 1.82) is 0 Å². The van der Waals surface area contributed by atoms with Crippen molar-refractivity contribution in [3.63, 3.8) is 0 Å². The predicted molar refractivity (Wildman–Crippen MR) is 152 cm³/mol. The largest absolute Gasteiger partial charge is 0.343 e. The monoisotopic (exact) mass is 505 g/mol. The quantitative estimate of drug-likeness (QED) is 0.297. The van der Waals surface area contributed by atoms with Gasteiger partial charge in [-0.25, -0.2) is 4.68 Å². The van der Waals surface area contributed by atoms with Crippen molar-refractivity contribution in [3.05, 3.63) is 118 Å². The lowest BCUT2D eigenvalue weighted by Crippen LogP contribution is -2.32. The minimum absolute atomic E-state index is 0.223. The standard InChI is InChI=1S/C31H31N5O2/c1-18-9-12-23(13-10-18)28-27(31(38)35-26-14-11-20(3)15-21(26)4)22(5)33-29-25(17-32-36(28)29)30(37)34-24-8-6-7-19(2)16-24/h6-17,28,33H,1-5H3,(H,34,37)(H,35,38). The summed E-state index contributed by atoms with van der Waals surface area (Å²) < 4.78 is 1.72. The van der Waals surface area contributed by atoms with E-state index < -0.39 is 6.04 Å². The molecule has 0 saturated heterocycles. The Morgan fingerprint density at radius 2 is 1.53 bits per heavy atom. The maximum absolute atomic E-state index is 13.8. The van der Waals surface area contributed by atoms with Crippen molar-refractivity contribution >= 4 is 29.0 Å². The molecule has 0 fully saturated rings. The van der Waals surface area contributed by atoms with Gasteiger partial charge in [0.25, 0.3) is 11.8 Å². The number of carbonyl (C=O) groups is 2. The lowest BCUT2D eigenvalue weighted by atomic mass is 9.93. The third-order valence-electron chi connectivity index (χ3n) is 6.81. The molecule has 7 nitrogen and oxygen atoms in total. The maximum atomic E-state index is 13.8. The molecule has 192 valence electrons. The number of rotatable bonds is 5. The number of nitrogens with one attached hydrogen (secondary N) is 3. The highest BCUT2D eigenvalue weighted by atomic mass is 16.2. The van der Waals surface area contributed by atoms with Crippen molar-refractivity contribution in [1.82, 2.24) is 9.78 Å². The first-order valence-electron chi connectivity index (χ1n) is 12.6. The average molecular weight is 506 g/mol. The van der Waals surface area contributed by atoms with Crippen LogP contribution in [-0.4, -0.2) is 21.6 Å². The number of anilines is 3. The molecule has 0 bridgehead atoms. The van der Waals surface area contributed by atoms with Crippen LogP contribution >= 0.6 is 0 Å². The van der Waals surface area contributed by atoms with Crippen molar-refractivity contribution in [2.75, 3.05) is 16.0 Å². The molecule has 7 heteroatoms. The summed E-state index contributed by atoms with van der Waals surface area (Å²) in [5, 5.41) is 13.9. The Balaban J connectivity index is 1.54. The molecule has 0 radical (unpaired) electrons. The Morgan fingerprint density at radius 1 is 0.816 bits per heavy atom. The van der Waals surface area contributed by atoms with Gasteiger partial charge in [0.2, 0.25) is 0 Å². The molecule has 5 rings (SSSR count). The number of hydrogen-bond acceptors (Lipinski definition) is 4. The highest BCUT2D eigenvalue weighted by molar-refractivity contribution is 6.09. The molecular formula is C31H31N5O2. The number of nitrogens with zero attached hydrogens (tertiary/aromatic N) is 2. The highest BCUT2D eigenvalue weighted by Gasteiger charge is 2.35. The van der Waals surface area contributed by atoms with E-state index in [-0.39, 0.29) is 11.8 Å². The summed E-state index contributed by atoms with van der Waals surface area (Å²) in [6.45, 7) is 9.86. The van der Waals surface area contributed by atoms with E-state index in [2.05, 4.69) is 21.0 Å². The van der Waals surface area contributed by atoms with Gasteiger partial charge >= 0.3 is 0 Å². The van der Waals surface area contributed by atoms with Gasteiger partial charge in [-0.3, -0.25) is 9.59 Å². The number of fused-ring (bicyclic) bond motifs is 1. The highest BCUT2D eigenvalue weighted by Crippen LogP contribution is 2.38. The van der Waals surface area contributed by atoms with Gasteiger partial charge in [0.05, 0.1) is 11.8 Å². The van der Waals surface area contributed by atoms with Crippen LogP contribution in [0.3, 0.4) is 0 Å². The number of hydrogen-bond donors (Lipinski definition) is 3. The molecule has 0 aliphatic carbocycles.